The third kappa shape index (κ3) is 2.35. The number of amides is 1. The molecule has 110 valence electrons. The molecule has 1 aliphatic carbocycles. The van der Waals surface area contributed by atoms with E-state index in [2.05, 4.69) is 20.5 Å². The predicted molar refractivity (Wildman–Crippen MR) is 73.1 cm³/mol. The highest BCUT2D eigenvalue weighted by Gasteiger charge is 2.52. The Morgan fingerprint density at radius 3 is 2.71 bits per heavy atom. The van der Waals surface area contributed by atoms with Crippen molar-refractivity contribution in [2.45, 2.75) is 31.2 Å². The third-order valence-corrected chi connectivity index (χ3v) is 3.85. The van der Waals surface area contributed by atoms with Gasteiger partial charge in [0.1, 0.15) is 5.82 Å². The maximum Gasteiger partial charge on any atom is 0.340 e. The van der Waals surface area contributed by atoms with Gasteiger partial charge in [-0.15, -0.1) is 0 Å². The van der Waals surface area contributed by atoms with Gasteiger partial charge in [0.2, 0.25) is 5.91 Å². The van der Waals surface area contributed by atoms with Gasteiger partial charge in [0.15, 0.2) is 5.82 Å². The fourth-order valence-electron chi connectivity index (χ4n) is 2.48. The van der Waals surface area contributed by atoms with Crippen LogP contribution in [0.25, 0.3) is 0 Å². The van der Waals surface area contributed by atoms with E-state index < -0.39 is 17.1 Å². The molecule has 1 heterocycles. The number of nitrogens with zero attached hydrogens (tertiary/aromatic N) is 1. The summed E-state index contributed by atoms with van der Waals surface area (Å²) in [7, 11) is 0. The lowest BCUT2D eigenvalue weighted by Crippen LogP contribution is -2.37. The number of hydrogen-bond donors (Lipinski definition) is 3. The molecule has 1 aromatic carbocycles. The van der Waals surface area contributed by atoms with E-state index in [0.717, 1.165) is 0 Å². The van der Waals surface area contributed by atoms with Gasteiger partial charge in [-0.05, 0) is 25.8 Å². The molecule has 0 bridgehead atoms. The number of rotatable bonds is 4. The van der Waals surface area contributed by atoms with E-state index in [1.807, 2.05) is 0 Å². The number of H-pyrrole nitrogens is 2. The van der Waals surface area contributed by atoms with E-state index >= 15 is 0 Å². The zero-order chi connectivity index (χ0) is 15.0. The van der Waals surface area contributed by atoms with Gasteiger partial charge in [-0.25, -0.2) is 14.3 Å². The summed E-state index contributed by atoms with van der Waals surface area (Å²) in [6.07, 6.45) is 1.23. The van der Waals surface area contributed by atoms with Crippen LogP contribution in [0.3, 0.4) is 0 Å². The fraction of sp³-hybridized carbons (Fsp3) is 0.357. The smallest absolute Gasteiger partial charge is 0.340 e. The number of aromatic nitrogens is 3. The molecular formula is C14H15FN4O2. The molecule has 21 heavy (non-hydrogen) atoms. The molecule has 1 amide bonds. The number of carbonyl (C=O) groups excluding carboxylic acids is 1. The van der Waals surface area contributed by atoms with Crippen molar-refractivity contribution < 1.29 is 9.18 Å². The van der Waals surface area contributed by atoms with Crippen LogP contribution < -0.4 is 11.0 Å². The molecule has 0 spiro atoms. The van der Waals surface area contributed by atoms with Crippen LogP contribution in [0, 0.1) is 5.82 Å². The Bertz CT molecular complexity index is 732. The molecule has 2 aromatic rings. The first-order valence-electron chi connectivity index (χ1n) is 6.73. The normalized spacial score (nSPS) is 17.2. The molecule has 0 aliphatic heterocycles. The lowest BCUT2D eigenvalue weighted by molar-refractivity contribution is -0.124. The Balaban J connectivity index is 1.79. The number of aromatic amines is 2. The van der Waals surface area contributed by atoms with Gasteiger partial charge in [0.05, 0.1) is 11.5 Å². The monoisotopic (exact) mass is 290 g/mol. The van der Waals surface area contributed by atoms with Crippen molar-refractivity contribution in [3.05, 3.63) is 52.0 Å². The highest BCUT2D eigenvalue weighted by molar-refractivity contribution is 5.91. The molecule has 1 fully saturated rings. The summed E-state index contributed by atoms with van der Waals surface area (Å²) < 4.78 is 13.9. The topological polar surface area (TPSA) is 90.6 Å². The lowest BCUT2D eigenvalue weighted by atomic mass is 9.94. The summed E-state index contributed by atoms with van der Waals surface area (Å²) in [6, 6.07) is 5.87. The van der Waals surface area contributed by atoms with Gasteiger partial charge >= 0.3 is 5.69 Å². The van der Waals surface area contributed by atoms with Gasteiger partial charge < -0.3 is 5.32 Å². The van der Waals surface area contributed by atoms with Crippen molar-refractivity contribution >= 4 is 5.91 Å². The van der Waals surface area contributed by atoms with Gasteiger partial charge in [-0.3, -0.25) is 9.78 Å². The Hall–Kier alpha value is -2.44. The Morgan fingerprint density at radius 1 is 1.43 bits per heavy atom. The zero-order valence-electron chi connectivity index (χ0n) is 11.4. The van der Waals surface area contributed by atoms with Crippen molar-refractivity contribution in [1.29, 1.82) is 0 Å². The highest BCUT2D eigenvalue weighted by atomic mass is 19.1. The number of nitrogens with one attached hydrogen (secondary N) is 3. The molecule has 1 unspecified atom stereocenters. The van der Waals surface area contributed by atoms with Crippen molar-refractivity contribution in [3.63, 3.8) is 0 Å². The van der Waals surface area contributed by atoms with Crippen molar-refractivity contribution in [3.8, 4) is 0 Å². The van der Waals surface area contributed by atoms with Crippen LogP contribution in [0.15, 0.2) is 29.1 Å². The first-order chi connectivity index (χ1) is 10.0. The number of hydrogen-bond acceptors (Lipinski definition) is 3. The van der Waals surface area contributed by atoms with E-state index in [4.69, 9.17) is 0 Å². The van der Waals surface area contributed by atoms with Crippen LogP contribution in [0.1, 0.15) is 37.2 Å². The zero-order valence-corrected chi connectivity index (χ0v) is 11.4. The summed E-state index contributed by atoms with van der Waals surface area (Å²) in [5.41, 5.74) is -0.803. The third-order valence-electron chi connectivity index (χ3n) is 3.85. The quantitative estimate of drug-likeness (QED) is 0.788. The highest BCUT2D eigenvalue weighted by Crippen LogP contribution is 2.49. The SMILES string of the molecule is CC(NC(=O)C1(c2ccccc2F)CC1)c1n[nH]c(=O)[nH]1. The molecule has 0 saturated heterocycles. The van der Waals surface area contributed by atoms with E-state index in [0.29, 0.717) is 24.2 Å². The fourth-order valence-corrected chi connectivity index (χ4v) is 2.48. The standard InChI is InChI=1S/C14H15FN4O2/c1-8(11-17-13(21)19-18-11)16-12(20)14(6-7-14)9-4-2-3-5-10(9)15/h2-5,8H,6-7H2,1H3,(H,16,20)(H2,17,18,19,21). The summed E-state index contributed by atoms with van der Waals surface area (Å²) in [5, 5.41) is 8.80. The van der Waals surface area contributed by atoms with Crippen molar-refractivity contribution in [1.82, 2.24) is 20.5 Å². The van der Waals surface area contributed by atoms with Gasteiger partial charge in [-0.2, -0.15) is 5.10 Å². The van der Waals surface area contributed by atoms with Crippen LogP contribution in [-0.2, 0) is 10.2 Å². The van der Waals surface area contributed by atoms with Gasteiger partial charge in [-0.1, -0.05) is 18.2 Å². The molecule has 6 nitrogen and oxygen atoms in total. The number of benzene rings is 1. The average Bonchev–Trinajstić information content (AvgIpc) is 3.15. The molecular weight excluding hydrogens is 275 g/mol. The first-order valence-corrected chi connectivity index (χ1v) is 6.73. The lowest BCUT2D eigenvalue weighted by Gasteiger charge is -2.19. The Morgan fingerprint density at radius 2 is 2.14 bits per heavy atom. The molecule has 0 radical (unpaired) electrons. The maximum absolute atomic E-state index is 13.9. The number of carbonyl (C=O) groups is 1. The summed E-state index contributed by atoms with van der Waals surface area (Å²) in [4.78, 5) is 26.0. The Kier molecular flexibility index (Phi) is 3.12. The maximum atomic E-state index is 13.9. The summed E-state index contributed by atoms with van der Waals surface area (Å²) in [5.74, 6) is -0.271. The minimum absolute atomic E-state index is 0.246. The summed E-state index contributed by atoms with van der Waals surface area (Å²) in [6.45, 7) is 1.71. The van der Waals surface area contributed by atoms with E-state index in [9.17, 15) is 14.0 Å². The molecule has 3 rings (SSSR count). The van der Waals surface area contributed by atoms with E-state index in [-0.39, 0.29) is 11.7 Å². The second kappa shape index (κ2) is 4.83. The minimum Gasteiger partial charge on any atom is -0.346 e. The molecule has 1 aromatic heterocycles. The van der Waals surface area contributed by atoms with E-state index in [1.165, 1.54) is 6.07 Å². The first kappa shape index (κ1) is 13.5. The van der Waals surface area contributed by atoms with E-state index in [1.54, 1.807) is 25.1 Å². The van der Waals surface area contributed by atoms with Crippen LogP contribution >= 0.6 is 0 Å². The van der Waals surface area contributed by atoms with Crippen LogP contribution in [0.4, 0.5) is 4.39 Å². The number of halogens is 1. The van der Waals surface area contributed by atoms with Crippen molar-refractivity contribution in [2.24, 2.45) is 0 Å². The van der Waals surface area contributed by atoms with Crippen LogP contribution in [0.2, 0.25) is 0 Å². The molecule has 1 atom stereocenters. The molecule has 3 N–H and O–H groups in total. The average molecular weight is 290 g/mol. The second-order valence-electron chi connectivity index (χ2n) is 5.32. The van der Waals surface area contributed by atoms with Gasteiger partial charge in [0, 0.05) is 5.56 Å². The largest absolute Gasteiger partial charge is 0.346 e. The van der Waals surface area contributed by atoms with Gasteiger partial charge in [0.25, 0.3) is 0 Å². The summed E-state index contributed by atoms with van der Waals surface area (Å²) >= 11 is 0. The van der Waals surface area contributed by atoms with Crippen LogP contribution in [0.5, 0.6) is 0 Å². The minimum atomic E-state index is -0.795. The molecule has 1 aliphatic rings. The van der Waals surface area contributed by atoms with Crippen molar-refractivity contribution in [2.75, 3.05) is 0 Å². The predicted octanol–water partition coefficient (Wildman–Crippen LogP) is 1.15. The Labute approximate surface area is 119 Å². The molecule has 1 saturated carbocycles. The van der Waals surface area contributed by atoms with Crippen LogP contribution in [-0.4, -0.2) is 21.1 Å². The molecule has 7 heteroatoms. The second-order valence-corrected chi connectivity index (χ2v) is 5.32.